The highest BCUT2D eigenvalue weighted by Gasteiger charge is 2.33. The highest BCUT2D eigenvalue weighted by Crippen LogP contribution is 2.33. The van der Waals surface area contributed by atoms with E-state index in [9.17, 15) is 21.6 Å². The van der Waals surface area contributed by atoms with Gasteiger partial charge in [0.25, 0.3) is 0 Å². The number of oxime groups is 1. The molecular weight excluding hydrogens is 518 g/mol. The van der Waals surface area contributed by atoms with Crippen LogP contribution in [0.1, 0.15) is 52.9 Å². The Morgan fingerprint density at radius 2 is 1.78 bits per heavy atom. The van der Waals surface area contributed by atoms with Crippen LogP contribution in [0.4, 0.5) is 0 Å². The van der Waals surface area contributed by atoms with Crippen molar-refractivity contribution in [3.05, 3.63) is 70.4 Å². The number of carbonyl (C=O) groups excluding carboxylic acids is 1. The molecule has 0 amide bonds. The SMILES string of the molecule is CCON=C1CCS(=O)(=O)c2ccc(C(=O)c3cnn(CC)c3OS(=O)(=O)c3ccc(C)cc3)c(C)c21. The van der Waals surface area contributed by atoms with Gasteiger partial charge in [0.1, 0.15) is 17.1 Å². The highest BCUT2D eigenvalue weighted by molar-refractivity contribution is 7.91. The van der Waals surface area contributed by atoms with Gasteiger partial charge in [-0.25, -0.2) is 13.1 Å². The second-order valence-electron chi connectivity index (χ2n) is 8.49. The Hall–Kier alpha value is -3.51. The van der Waals surface area contributed by atoms with E-state index in [1.165, 1.54) is 35.1 Å². The Morgan fingerprint density at radius 1 is 1.08 bits per heavy atom. The van der Waals surface area contributed by atoms with Gasteiger partial charge in [-0.3, -0.25) is 4.79 Å². The van der Waals surface area contributed by atoms with E-state index >= 15 is 0 Å². The van der Waals surface area contributed by atoms with Gasteiger partial charge < -0.3 is 9.02 Å². The van der Waals surface area contributed by atoms with E-state index in [1.807, 2.05) is 6.92 Å². The monoisotopic (exact) mass is 545 g/mol. The second-order valence-corrected chi connectivity index (χ2v) is 12.1. The van der Waals surface area contributed by atoms with Crippen LogP contribution in [-0.4, -0.2) is 50.5 Å². The van der Waals surface area contributed by atoms with Crippen molar-refractivity contribution in [1.82, 2.24) is 9.78 Å². The molecule has 0 unspecified atom stereocenters. The molecule has 12 heteroatoms. The van der Waals surface area contributed by atoms with Crippen LogP contribution in [0.25, 0.3) is 0 Å². The van der Waals surface area contributed by atoms with E-state index < -0.39 is 25.7 Å². The smallest absolute Gasteiger partial charge is 0.340 e. The first-order chi connectivity index (χ1) is 17.5. The zero-order chi connectivity index (χ0) is 27.0. The number of sulfone groups is 1. The standard InChI is InChI=1S/C25H27N3O7S2/c1-5-28-25(35-37(32,33)18-9-7-16(3)8-10-18)20(15-26-28)24(29)19-11-12-22-23(17(19)4)21(27-34-6-2)13-14-36(22,30)31/h7-12,15H,5-6,13-14H2,1-4H3. The zero-order valence-corrected chi connectivity index (χ0v) is 22.5. The Kier molecular flexibility index (Phi) is 7.24. The Labute approximate surface area is 215 Å². The number of ketones is 1. The molecule has 1 aliphatic heterocycles. The van der Waals surface area contributed by atoms with Crippen molar-refractivity contribution in [3.8, 4) is 5.88 Å². The summed E-state index contributed by atoms with van der Waals surface area (Å²) < 4.78 is 58.1. The van der Waals surface area contributed by atoms with E-state index in [1.54, 1.807) is 32.9 Å². The molecule has 0 spiro atoms. The molecule has 0 atom stereocenters. The van der Waals surface area contributed by atoms with E-state index in [4.69, 9.17) is 9.02 Å². The fourth-order valence-electron chi connectivity index (χ4n) is 4.10. The largest absolute Gasteiger partial charge is 0.396 e. The third kappa shape index (κ3) is 5.03. The minimum absolute atomic E-state index is 0.0627. The Morgan fingerprint density at radius 3 is 2.43 bits per heavy atom. The van der Waals surface area contributed by atoms with Gasteiger partial charge in [0.2, 0.25) is 5.88 Å². The van der Waals surface area contributed by atoms with Crippen molar-refractivity contribution >= 4 is 31.5 Å². The lowest BCUT2D eigenvalue weighted by atomic mass is 9.93. The molecule has 0 saturated carbocycles. The van der Waals surface area contributed by atoms with Crippen LogP contribution in [-0.2, 0) is 31.3 Å². The van der Waals surface area contributed by atoms with Crippen molar-refractivity contribution in [3.63, 3.8) is 0 Å². The zero-order valence-electron chi connectivity index (χ0n) is 20.9. The molecule has 2 heterocycles. The molecule has 0 aliphatic carbocycles. The molecule has 0 fully saturated rings. The molecule has 0 radical (unpaired) electrons. The molecule has 196 valence electrons. The lowest BCUT2D eigenvalue weighted by Gasteiger charge is -2.21. The topological polar surface area (TPSA) is 134 Å². The average molecular weight is 546 g/mol. The lowest BCUT2D eigenvalue weighted by molar-refractivity contribution is 0.103. The van der Waals surface area contributed by atoms with Crippen molar-refractivity contribution in [2.75, 3.05) is 12.4 Å². The summed E-state index contributed by atoms with van der Waals surface area (Å²) in [5, 5.41) is 8.22. The van der Waals surface area contributed by atoms with Crippen molar-refractivity contribution in [2.24, 2.45) is 5.16 Å². The minimum atomic E-state index is -4.26. The Bertz CT molecular complexity index is 1600. The number of rotatable bonds is 8. The number of aromatic nitrogens is 2. The first kappa shape index (κ1) is 26.6. The molecule has 2 aromatic carbocycles. The predicted molar refractivity (Wildman–Crippen MR) is 136 cm³/mol. The number of hydrogen-bond donors (Lipinski definition) is 0. The summed E-state index contributed by atoms with van der Waals surface area (Å²) in [6.45, 7) is 7.50. The second kappa shape index (κ2) is 10.1. The average Bonchev–Trinajstić information content (AvgIpc) is 3.25. The van der Waals surface area contributed by atoms with Crippen LogP contribution in [0.3, 0.4) is 0 Å². The molecule has 1 aliphatic rings. The van der Waals surface area contributed by atoms with Crippen LogP contribution in [0, 0.1) is 13.8 Å². The molecule has 0 bridgehead atoms. The van der Waals surface area contributed by atoms with E-state index in [0.717, 1.165) is 5.56 Å². The van der Waals surface area contributed by atoms with Crippen LogP contribution in [0.15, 0.2) is 57.5 Å². The number of hydrogen-bond acceptors (Lipinski definition) is 9. The van der Waals surface area contributed by atoms with Crippen molar-refractivity contribution < 1.29 is 30.7 Å². The summed E-state index contributed by atoms with van der Waals surface area (Å²) in [6.07, 6.45) is 1.39. The third-order valence-electron chi connectivity index (χ3n) is 6.04. The van der Waals surface area contributed by atoms with Gasteiger partial charge in [-0.1, -0.05) is 22.9 Å². The summed E-state index contributed by atoms with van der Waals surface area (Å²) in [5.74, 6) is -0.898. The van der Waals surface area contributed by atoms with Crippen molar-refractivity contribution in [2.45, 2.75) is 50.5 Å². The fraction of sp³-hybridized carbons (Fsp3) is 0.320. The minimum Gasteiger partial charge on any atom is -0.396 e. The summed E-state index contributed by atoms with van der Waals surface area (Å²) in [7, 11) is -7.82. The van der Waals surface area contributed by atoms with Crippen LogP contribution in [0.5, 0.6) is 5.88 Å². The van der Waals surface area contributed by atoms with Gasteiger partial charge in [0.05, 0.1) is 22.6 Å². The summed E-state index contributed by atoms with van der Waals surface area (Å²) in [4.78, 5) is 18.9. The number of nitrogens with zero attached hydrogens (tertiary/aromatic N) is 3. The van der Waals surface area contributed by atoms with Gasteiger partial charge >= 0.3 is 10.1 Å². The molecule has 0 N–H and O–H groups in total. The Balaban J connectivity index is 1.81. The van der Waals surface area contributed by atoms with Crippen LogP contribution >= 0.6 is 0 Å². The van der Waals surface area contributed by atoms with Crippen LogP contribution < -0.4 is 4.18 Å². The summed E-state index contributed by atoms with van der Waals surface area (Å²) in [5.41, 5.74) is 2.13. The third-order valence-corrected chi connectivity index (χ3v) is 9.02. The maximum Gasteiger partial charge on any atom is 0.340 e. The lowest BCUT2D eigenvalue weighted by Crippen LogP contribution is -2.24. The number of benzene rings is 2. The molecular formula is C25H27N3O7S2. The quantitative estimate of drug-likeness (QED) is 0.239. The van der Waals surface area contributed by atoms with E-state index in [0.29, 0.717) is 23.4 Å². The molecule has 1 aromatic heterocycles. The molecule has 10 nitrogen and oxygen atoms in total. The number of carbonyl (C=O) groups is 1. The van der Waals surface area contributed by atoms with Crippen molar-refractivity contribution in [1.29, 1.82) is 0 Å². The predicted octanol–water partition coefficient (Wildman–Crippen LogP) is 3.44. The molecule has 37 heavy (non-hydrogen) atoms. The van der Waals surface area contributed by atoms with Crippen LogP contribution in [0.2, 0.25) is 0 Å². The van der Waals surface area contributed by atoms with Gasteiger partial charge in [-0.05, 0) is 57.5 Å². The maximum absolute atomic E-state index is 13.7. The fourth-order valence-corrected chi connectivity index (χ4v) is 6.58. The highest BCUT2D eigenvalue weighted by atomic mass is 32.2. The normalized spacial score (nSPS) is 15.8. The van der Waals surface area contributed by atoms with Gasteiger partial charge in [0, 0.05) is 24.1 Å². The number of aryl methyl sites for hydroxylation is 2. The first-order valence-corrected chi connectivity index (χ1v) is 14.7. The van der Waals surface area contributed by atoms with E-state index in [-0.39, 0.29) is 45.5 Å². The summed E-state index contributed by atoms with van der Waals surface area (Å²) >= 11 is 0. The van der Waals surface area contributed by atoms with Gasteiger partial charge in [-0.15, -0.1) is 0 Å². The molecule has 0 saturated heterocycles. The number of fused-ring (bicyclic) bond motifs is 1. The first-order valence-electron chi connectivity index (χ1n) is 11.7. The van der Waals surface area contributed by atoms with E-state index in [2.05, 4.69) is 10.3 Å². The van der Waals surface area contributed by atoms with Gasteiger partial charge in [0.15, 0.2) is 15.6 Å². The summed E-state index contributed by atoms with van der Waals surface area (Å²) in [6, 6.07) is 8.92. The molecule has 4 rings (SSSR count). The maximum atomic E-state index is 13.7. The molecule has 3 aromatic rings. The van der Waals surface area contributed by atoms with Gasteiger partial charge in [-0.2, -0.15) is 13.5 Å².